The zero-order valence-electron chi connectivity index (χ0n) is 14.9. The second kappa shape index (κ2) is 8.51. The molecular weight excluding hydrogens is 370 g/mol. The highest BCUT2D eigenvalue weighted by molar-refractivity contribution is 8.14. The van der Waals surface area contributed by atoms with Gasteiger partial charge in [0.05, 0.1) is 16.3 Å². The quantitative estimate of drug-likeness (QED) is 0.674. The monoisotopic (exact) mass is 391 g/mol. The summed E-state index contributed by atoms with van der Waals surface area (Å²) in [6.45, 7) is 5.32. The zero-order chi connectivity index (χ0) is 19.3. The Morgan fingerprint density at radius 3 is 2.38 bits per heavy atom. The molecule has 0 amide bonds. The molecule has 0 bridgehead atoms. The summed E-state index contributed by atoms with van der Waals surface area (Å²) in [5.41, 5.74) is 1.82. The Kier molecular flexibility index (Phi) is 6.61. The van der Waals surface area contributed by atoms with Crippen molar-refractivity contribution in [1.82, 2.24) is 0 Å². The lowest BCUT2D eigenvalue weighted by Crippen LogP contribution is -2.31. The number of hydrogen-bond acceptors (Lipinski definition) is 5. The molecule has 0 fully saturated rings. The lowest BCUT2D eigenvalue weighted by molar-refractivity contribution is -0.109. The predicted octanol–water partition coefficient (Wildman–Crippen LogP) is 3.67. The van der Waals surface area contributed by atoms with Crippen LogP contribution in [0.2, 0.25) is 0 Å². The maximum Gasteiger partial charge on any atom is 0.264 e. The molecule has 0 radical (unpaired) electrons. The summed E-state index contributed by atoms with van der Waals surface area (Å²) in [6.07, 6.45) is 0. The highest BCUT2D eigenvalue weighted by Gasteiger charge is 2.24. The molecule has 0 aliphatic heterocycles. The second-order valence-electron chi connectivity index (χ2n) is 5.74. The number of hydrogen-bond donors (Lipinski definition) is 0. The summed E-state index contributed by atoms with van der Waals surface area (Å²) >= 11 is 0.909. The minimum absolute atomic E-state index is 0.00575. The van der Waals surface area contributed by atoms with Crippen LogP contribution in [0.4, 0.5) is 5.69 Å². The van der Waals surface area contributed by atoms with E-state index in [4.69, 9.17) is 0 Å². The summed E-state index contributed by atoms with van der Waals surface area (Å²) in [6, 6.07) is 13.2. The molecule has 2 aromatic carbocycles. The fourth-order valence-corrected chi connectivity index (χ4v) is 4.50. The van der Waals surface area contributed by atoms with Crippen LogP contribution in [0.5, 0.6) is 0 Å². The van der Waals surface area contributed by atoms with Crippen LogP contribution >= 0.6 is 11.8 Å². The smallest absolute Gasteiger partial charge is 0.264 e. The van der Waals surface area contributed by atoms with E-state index < -0.39 is 10.0 Å². The number of sulfonamides is 1. The van der Waals surface area contributed by atoms with Crippen molar-refractivity contribution in [1.29, 1.82) is 0 Å². The topological polar surface area (TPSA) is 71.5 Å². The predicted molar refractivity (Wildman–Crippen MR) is 105 cm³/mol. The van der Waals surface area contributed by atoms with Gasteiger partial charge in [0.25, 0.3) is 10.0 Å². The van der Waals surface area contributed by atoms with Gasteiger partial charge in [0.1, 0.15) is 0 Å². The van der Waals surface area contributed by atoms with Crippen LogP contribution in [-0.4, -0.2) is 31.6 Å². The molecule has 0 aromatic heterocycles. The second-order valence-corrected chi connectivity index (χ2v) is 8.75. The van der Waals surface area contributed by atoms with Crippen molar-refractivity contribution < 1.29 is 18.0 Å². The van der Waals surface area contributed by atoms with Crippen molar-refractivity contribution in [2.75, 3.05) is 16.6 Å². The highest BCUT2D eigenvalue weighted by atomic mass is 32.2. The molecule has 2 rings (SSSR count). The van der Waals surface area contributed by atoms with Crippen molar-refractivity contribution in [2.45, 2.75) is 25.7 Å². The molecule has 0 saturated heterocycles. The van der Waals surface area contributed by atoms with E-state index in [0.29, 0.717) is 5.69 Å². The first-order valence-electron chi connectivity index (χ1n) is 8.11. The number of Topliss-reactive ketones (excluding diaryl/α,β-unsaturated/α-hetero) is 1. The summed E-state index contributed by atoms with van der Waals surface area (Å²) in [4.78, 5) is 23.3. The number of thioether (sulfide) groups is 1. The van der Waals surface area contributed by atoms with Gasteiger partial charge in [-0.1, -0.05) is 36.0 Å². The van der Waals surface area contributed by atoms with Gasteiger partial charge >= 0.3 is 0 Å². The summed E-state index contributed by atoms with van der Waals surface area (Å²) < 4.78 is 27.5. The number of benzene rings is 2. The molecule has 5 nitrogen and oxygen atoms in total. The molecule has 138 valence electrons. The van der Waals surface area contributed by atoms with Crippen molar-refractivity contribution in [3.63, 3.8) is 0 Å². The first kappa shape index (κ1) is 20.2. The lowest BCUT2D eigenvalue weighted by Gasteiger charge is -2.23. The SMILES string of the molecule is CCN(c1cccc(C)c1)S(=O)(=O)c1cccc(C(=O)CSC(C)=O)c1. The van der Waals surface area contributed by atoms with Gasteiger partial charge in [-0.15, -0.1) is 0 Å². The van der Waals surface area contributed by atoms with Crippen LogP contribution in [-0.2, 0) is 14.8 Å². The first-order chi connectivity index (χ1) is 12.3. The molecule has 26 heavy (non-hydrogen) atoms. The van der Waals surface area contributed by atoms with E-state index in [0.717, 1.165) is 17.3 Å². The van der Waals surface area contributed by atoms with E-state index in [1.54, 1.807) is 31.2 Å². The Bertz CT molecular complexity index is 923. The number of carbonyl (C=O) groups excluding carboxylic acids is 2. The van der Waals surface area contributed by atoms with Crippen LogP contribution < -0.4 is 4.31 Å². The van der Waals surface area contributed by atoms with Gasteiger partial charge < -0.3 is 0 Å². The van der Waals surface area contributed by atoms with Gasteiger partial charge in [-0.25, -0.2) is 8.42 Å². The Balaban J connectivity index is 2.37. The van der Waals surface area contributed by atoms with Gasteiger partial charge in [-0.05, 0) is 43.7 Å². The molecule has 0 N–H and O–H groups in total. The molecule has 0 heterocycles. The third-order valence-electron chi connectivity index (χ3n) is 3.73. The normalized spacial score (nSPS) is 11.2. The van der Waals surface area contributed by atoms with Crippen LogP contribution in [0.15, 0.2) is 53.4 Å². The standard InChI is InChI=1S/C19H21NO4S2/c1-4-20(17-9-5-7-14(2)11-17)26(23,24)18-10-6-8-16(12-18)19(22)13-25-15(3)21/h5-12H,4,13H2,1-3H3. The Morgan fingerprint density at radius 1 is 1.08 bits per heavy atom. The lowest BCUT2D eigenvalue weighted by atomic mass is 10.1. The minimum Gasteiger partial charge on any atom is -0.293 e. The molecule has 2 aromatic rings. The molecule has 0 spiro atoms. The van der Waals surface area contributed by atoms with Gasteiger partial charge in [-0.3, -0.25) is 13.9 Å². The first-order valence-corrected chi connectivity index (χ1v) is 10.5. The van der Waals surface area contributed by atoms with E-state index >= 15 is 0 Å². The van der Waals surface area contributed by atoms with Gasteiger partial charge in [0.2, 0.25) is 0 Å². The third-order valence-corrected chi connectivity index (χ3v) is 6.44. The van der Waals surface area contributed by atoms with Gasteiger partial charge in [0, 0.05) is 19.0 Å². The van der Waals surface area contributed by atoms with Crippen molar-refractivity contribution in [3.8, 4) is 0 Å². The number of carbonyl (C=O) groups is 2. The number of aryl methyl sites for hydroxylation is 1. The molecule has 0 unspecified atom stereocenters. The summed E-state index contributed by atoms with van der Waals surface area (Å²) in [7, 11) is -3.80. The van der Waals surface area contributed by atoms with Crippen molar-refractivity contribution >= 4 is 38.4 Å². The number of anilines is 1. The summed E-state index contributed by atoms with van der Waals surface area (Å²) in [5, 5.41) is -0.154. The Labute approximate surface area is 158 Å². The molecule has 7 heteroatoms. The minimum atomic E-state index is -3.80. The van der Waals surface area contributed by atoms with E-state index in [1.807, 2.05) is 19.1 Å². The zero-order valence-corrected chi connectivity index (χ0v) is 16.6. The van der Waals surface area contributed by atoms with Gasteiger partial charge in [0.15, 0.2) is 10.9 Å². The van der Waals surface area contributed by atoms with Gasteiger partial charge in [-0.2, -0.15) is 0 Å². The maximum atomic E-state index is 13.1. The molecule has 0 aliphatic rings. The summed E-state index contributed by atoms with van der Waals surface area (Å²) in [5.74, 6) is -0.283. The fraction of sp³-hybridized carbons (Fsp3) is 0.263. The Morgan fingerprint density at radius 2 is 1.77 bits per heavy atom. The van der Waals surface area contributed by atoms with E-state index in [2.05, 4.69) is 0 Å². The van der Waals surface area contributed by atoms with Crippen molar-refractivity contribution in [2.24, 2.45) is 0 Å². The maximum absolute atomic E-state index is 13.1. The number of rotatable bonds is 7. The molecule has 0 saturated carbocycles. The van der Waals surface area contributed by atoms with Crippen LogP contribution in [0, 0.1) is 6.92 Å². The Hall–Kier alpha value is -2.12. The highest BCUT2D eigenvalue weighted by Crippen LogP contribution is 2.25. The number of nitrogens with zero attached hydrogens (tertiary/aromatic N) is 1. The van der Waals surface area contributed by atoms with Crippen LogP contribution in [0.25, 0.3) is 0 Å². The van der Waals surface area contributed by atoms with E-state index in [9.17, 15) is 18.0 Å². The van der Waals surface area contributed by atoms with E-state index in [-0.39, 0.29) is 33.7 Å². The largest absolute Gasteiger partial charge is 0.293 e. The number of ketones is 1. The molecular formula is C19H21NO4S2. The third kappa shape index (κ3) is 4.74. The van der Waals surface area contributed by atoms with Crippen molar-refractivity contribution in [3.05, 3.63) is 59.7 Å². The van der Waals surface area contributed by atoms with Crippen LogP contribution in [0.3, 0.4) is 0 Å². The van der Waals surface area contributed by atoms with Crippen LogP contribution in [0.1, 0.15) is 29.8 Å². The average Bonchev–Trinajstić information content (AvgIpc) is 2.60. The fourth-order valence-electron chi connectivity index (χ4n) is 2.48. The molecule has 0 atom stereocenters. The average molecular weight is 392 g/mol. The molecule has 0 aliphatic carbocycles. The van der Waals surface area contributed by atoms with E-state index in [1.165, 1.54) is 23.4 Å².